The summed E-state index contributed by atoms with van der Waals surface area (Å²) in [5.74, 6) is 0.950. The van der Waals surface area contributed by atoms with Gasteiger partial charge in [-0.25, -0.2) is 12.8 Å². The molecule has 4 rings (SSSR count). The molecule has 0 saturated heterocycles. The molecule has 9 heteroatoms. The van der Waals surface area contributed by atoms with E-state index in [-0.39, 0.29) is 4.90 Å². The highest BCUT2D eigenvalue weighted by molar-refractivity contribution is 7.92. The van der Waals surface area contributed by atoms with E-state index >= 15 is 0 Å². The molecule has 152 valence electrons. The van der Waals surface area contributed by atoms with Gasteiger partial charge in [-0.3, -0.25) is 4.72 Å². The van der Waals surface area contributed by atoms with E-state index in [1.165, 1.54) is 19.1 Å². The van der Waals surface area contributed by atoms with Crippen LogP contribution in [0, 0.1) is 12.7 Å². The number of aryl methyl sites for hydroxylation is 1. The van der Waals surface area contributed by atoms with Crippen molar-refractivity contribution >= 4 is 15.7 Å². The number of hydrogen-bond acceptors (Lipinski definition) is 5. The van der Waals surface area contributed by atoms with Crippen molar-refractivity contribution in [1.82, 2.24) is 14.8 Å². The first-order valence-electron chi connectivity index (χ1n) is 8.95. The molecule has 2 aromatic heterocycles. The fourth-order valence-electron chi connectivity index (χ4n) is 2.83. The lowest BCUT2D eigenvalue weighted by molar-refractivity contribution is 0.454. The van der Waals surface area contributed by atoms with E-state index in [1.807, 2.05) is 29.1 Å². The number of ether oxygens (including phenoxy) is 1. The number of hydrogen-bond donors (Lipinski definition) is 1. The quantitative estimate of drug-likeness (QED) is 0.499. The maximum absolute atomic E-state index is 13.2. The maximum Gasteiger partial charge on any atom is 0.262 e. The van der Waals surface area contributed by atoms with E-state index in [4.69, 9.17) is 4.74 Å². The van der Waals surface area contributed by atoms with E-state index in [0.29, 0.717) is 28.7 Å². The van der Waals surface area contributed by atoms with E-state index in [1.54, 1.807) is 36.4 Å². The fraction of sp³-hybridized carbons (Fsp3) is 0.0476. The van der Waals surface area contributed by atoms with Crippen molar-refractivity contribution in [2.45, 2.75) is 11.8 Å². The Bertz CT molecular complexity index is 1260. The Morgan fingerprint density at radius 1 is 0.967 bits per heavy atom. The molecule has 0 atom stereocenters. The Morgan fingerprint density at radius 2 is 1.70 bits per heavy atom. The molecule has 0 amide bonds. The summed E-state index contributed by atoms with van der Waals surface area (Å²) in [6.45, 7) is 1.54. The van der Waals surface area contributed by atoms with Crippen molar-refractivity contribution in [3.8, 4) is 17.4 Å². The van der Waals surface area contributed by atoms with Gasteiger partial charge in [-0.15, -0.1) is 10.2 Å². The molecule has 0 radical (unpaired) electrons. The molecule has 0 aliphatic heterocycles. The number of benzene rings is 2. The number of anilines is 1. The summed E-state index contributed by atoms with van der Waals surface area (Å²) in [4.78, 5) is 0.0160. The molecule has 0 saturated carbocycles. The molecule has 0 spiro atoms. The van der Waals surface area contributed by atoms with Crippen LogP contribution in [0.3, 0.4) is 0 Å². The minimum atomic E-state index is -3.84. The van der Waals surface area contributed by atoms with Crippen LogP contribution in [-0.4, -0.2) is 23.2 Å². The molecular weight excluding hydrogens is 407 g/mol. The van der Waals surface area contributed by atoms with Crippen molar-refractivity contribution in [3.63, 3.8) is 0 Å². The van der Waals surface area contributed by atoms with Crippen LogP contribution >= 0.6 is 0 Å². The van der Waals surface area contributed by atoms with Gasteiger partial charge in [-0.05, 0) is 73.2 Å². The third-order valence-electron chi connectivity index (χ3n) is 4.25. The summed E-state index contributed by atoms with van der Waals surface area (Å²) in [6, 6.07) is 17.1. The number of aromatic nitrogens is 3. The SMILES string of the molecule is Cc1cc(F)ccc1S(=O)(=O)Nc1ccc(Oc2ccc(-n3cccc3)nn2)cc1. The highest BCUT2D eigenvalue weighted by Crippen LogP contribution is 2.24. The number of nitrogens with zero attached hydrogens (tertiary/aromatic N) is 3. The van der Waals surface area contributed by atoms with Gasteiger partial charge in [0.15, 0.2) is 5.82 Å². The maximum atomic E-state index is 13.2. The normalized spacial score (nSPS) is 11.3. The molecule has 0 fully saturated rings. The van der Waals surface area contributed by atoms with E-state index < -0.39 is 15.8 Å². The van der Waals surface area contributed by atoms with Crippen LogP contribution in [-0.2, 0) is 10.0 Å². The Balaban J connectivity index is 1.45. The Kier molecular flexibility index (Phi) is 5.20. The Labute approximate surface area is 172 Å². The fourth-order valence-corrected chi connectivity index (χ4v) is 4.11. The van der Waals surface area contributed by atoms with Gasteiger partial charge in [-0.1, -0.05) is 0 Å². The number of rotatable bonds is 6. The number of halogens is 1. The first-order valence-corrected chi connectivity index (χ1v) is 10.4. The van der Waals surface area contributed by atoms with Gasteiger partial charge in [-0.2, -0.15) is 0 Å². The van der Waals surface area contributed by atoms with Crippen LogP contribution in [0.4, 0.5) is 10.1 Å². The largest absolute Gasteiger partial charge is 0.438 e. The molecule has 0 aliphatic rings. The highest BCUT2D eigenvalue weighted by Gasteiger charge is 2.17. The molecule has 0 aliphatic carbocycles. The smallest absolute Gasteiger partial charge is 0.262 e. The first kappa shape index (κ1) is 19.6. The Morgan fingerprint density at radius 3 is 2.33 bits per heavy atom. The van der Waals surface area contributed by atoms with Crippen LogP contribution in [0.15, 0.2) is 84.0 Å². The second-order valence-corrected chi connectivity index (χ2v) is 8.11. The first-order chi connectivity index (χ1) is 14.4. The second-order valence-electron chi connectivity index (χ2n) is 6.46. The summed E-state index contributed by atoms with van der Waals surface area (Å²) in [6.07, 6.45) is 3.72. The molecule has 0 bridgehead atoms. The van der Waals surface area contributed by atoms with Gasteiger partial charge in [0, 0.05) is 24.1 Å². The minimum Gasteiger partial charge on any atom is -0.438 e. The van der Waals surface area contributed by atoms with Crippen LogP contribution in [0.2, 0.25) is 0 Å². The predicted octanol–water partition coefficient (Wildman–Crippen LogP) is 4.31. The molecule has 7 nitrogen and oxygen atoms in total. The predicted molar refractivity (Wildman–Crippen MR) is 110 cm³/mol. The van der Waals surface area contributed by atoms with Crippen molar-refractivity contribution in [3.05, 3.63) is 90.5 Å². The lowest BCUT2D eigenvalue weighted by atomic mass is 10.2. The van der Waals surface area contributed by atoms with Gasteiger partial charge in [0.2, 0.25) is 5.88 Å². The van der Waals surface area contributed by atoms with Crippen LogP contribution < -0.4 is 9.46 Å². The van der Waals surface area contributed by atoms with Crippen LogP contribution in [0.1, 0.15) is 5.56 Å². The van der Waals surface area contributed by atoms with Crippen molar-refractivity contribution in [2.24, 2.45) is 0 Å². The molecule has 2 heterocycles. The zero-order chi connectivity index (χ0) is 21.1. The third kappa shape index (κ3) is 4.31. The molecule has 0 unspecified atom stereocenters. The van der Waals surface area contributed by atoms with Crippen LogP contribution in [0.25, 0.3) is 5.82 Å². The zero-order valence-corrected chi connectivity index (χ0v) is 16.7. The van der Waals surface area contributed by atoms with Gasteiger partial charge in [0.05, 0.1) is 4.90 Å². The van der Waals surface area contributed by atoms with Crippen molar-refractivity contribution in [1.29, 1.82) is 0 Å². The van der Waals surface area contributed by atoms with Gasteiger partial charge >= 0.3 is 0 Å². The standard InChI is InChI=1S/C21H17FN4O3S/c1-15-14-16(22)4-9-19(15)30(27,28)25-17-5-7-18(8-6-17)29-21-11-10-20(23-24-21)26-12-2-3-13-26/h2-14,25H,1H3. The van der Waals surface area contributed by atoms with E-state index in [9.17, 15) is 12.8 Å². The van der Waals surface area contributed by atoms with E-state index in [0.717, 1.165) is 6.07 Å². The molecule has 4 aromatic rings. The number of sulfonamides is 1. The van der Waals surface area contributed by atoms with E-state index in [2.05, 4.69) is 14.9 Å². The average Bonchev–Trinajstić information content (AvgIpc) is 3.24. The molecular formula is C21H17FN4O3S. The van der Waals surface area contributed by atoms with Crippen molar-refractivity contribution < 1.29 is 17.5 Å². The summed E-state index contributed by atoms with van der Waals surface area (Å²) in [5.41, 5.74) is 0.671. The van der Waals surface area contributed by atoms with Crippen molar-refractivity contribution in [2.75, 3.05) is 4.72 Å². The minimum absolute atomic E-state index is 0.0160. The second kappa shape index (κ2) is 7.96. The monoisotopic (exact) mass is 424 g/mol. The Hall–Kier alpha value is -3.72. The topological polar surface area (TPSA) is 86.1 Å². The summed E-state index contributed by atoms with van der Waals surface area (Å²) < 4.78 is 48.3. The summed E-state index contributed by atoms with van der Waals surface area (Å²) >= 11 is 0. The number of nitrogens with one attached hydrogen (secondary N) is 1. The van der Waals surface area contributed by atoms with Gasteiger partial charge < -0.3 is 9.30 Å². The molecule has 2 aromatic carbocycles. The average molecular weight is 424 g/mol. The third-order valence-corrected chi connectivity index (χ3v) is 5.79. The summed E-state index contributed by atoms with van der Waals surface area (Å²) in [7, 11) is -3.84. The lowest BCUT2D eigenvalue weighted by Crippen LogP contribution is -2.14. The highest BCUT2D eigenvalue weighted by atomic mass is 32.2. The molecule has 30 heavy (non-hydrogen) atoms. The molecule has 1 N–H and O–H groups in total. The van der Waals surface area contributed by atoms with Gasteiger partial charge in [0.1, 0.15) is 11.6 Å². The van der Waals surface area contributed by atoms with Crippen LogP contribution in [0.5, 0.6) is 11.6 Å². The summed E-state index contributed by atoms with van der Waals surface area (Å²) in [5, 5.41) is 8.13. The lowest BCUT2D eigenvalue weighted by Gasteiger charge is -2.11. The zero-order valence-electron chi connectivity index (χ0n) is 15.9. The van der Waals surface area contributed by atoms with Gasteiger partial charge in [0.25, 0.3) is 10.0 Å².